The smallest absolute Gasteiger partial charge is 0.354 e. The van der Waals surface area contributed by atoms with E-state index in [4.69, 9.17) is 9.84 Å². The molecule has 2 aromatic rings. The van der Waals surface area contributed by atoms with E-state index in [-0.39, 0.29) is 11.5 Å². The van der Waals surface area contributed by atoms with Crippen molar-refractivity contribution >= 4 is 17.4 Å². The number of ketones is 1. The Morgan fingerprint density at radius 1 is 1.19 bits per heavy atom. The Hall–Kier alpha value is -2.89. The van der Waals surface area contributed by atoms with Gasteiger partial charge in [0.05, 0.1) is 12.0 Å². The number of carboxylic acids is 1. The molecule has 1 aromatic heterocycles. The summed E-state index contributed by atoms with van der Waals surface area (Å²) in [6.07, 6.45) is 4.32. The highest BCUT2D eigenvalue weighted by Gasteiger charge is 2.41. The predicted molar refractivity (Wildman–Crippen MR) is 96.0 cm³/mol. The molecule has 1 atom stereocenters. The quantitative estimate of drug-likeness (QED) is 0.894. The number of pyridine rings is 1. The lowest BCUT2D eigenvalue weighted by Gasteiger charge is -2.37. The first-order valence-corrected chi connectivity index (χ1v) is 8.82. The number of rotatable bonds is 2. The normalized spacial score (nSPS) is 22.5. The summed E-state index contributed by atoms with van der Waals surface area (Å²) in [6.45, 7) is 1.50. The van der Waals surface area contributed by atoms with Crippen molar-refractivity contribution in [2.45, 2.75) is 31.3 Å². The minimum atomic E-state index is -1.03. The van der Waals surface area contributed by atoms with E-state index in [0.29, 0.717) is 24.3 Å². The molecule has 1 fully saturated rings. The maximum Gasteiger partial charge on any atom is 0.354 e. The number of anilines is 1. The van der Waals surface area contributed by atoms with Gasteiger partial charge in [0.1, 0.15) is 17.0 Å². The summed E-state index contributed by atoms with van der Waals surface area (Å²) in [5, 5.41) is 9.15. The Labute approximate surface area is 151 Å². The molecule has 0 radical (unpaired) electrons. The molecule has 0 amide bonds. The highest BCUT2D eigenvalue weighted by atomic mass is 16.5. The van der Waals surface area contributed by atoms with Gasteiger partial charge < -0.3 is 14.7 Å². The summed E-state index contributed by atoms with van der Waals surface area (Å²) < 4.78 is 6.30. The molecule has 1 spiro atoms. The van der Waals surface area contributed by atoms with Crippen molar-refractivity contribution in [2.75, 3.05) is 18.0 Å². The van der Waals surface area contributed by atoms with Gasteiger partial charge in [-0.05, 0) is 37.1 Å². The molecule has 6 nitrogen and oxygen atoms in total. The second kappa shape index (κ2) is 6.44. The lowest BCUT2D eigenvalue weighted by atomic mass is 9.84. The zero-order chi connectivity index (χ0) is 18.1. The molecule has 0 aliphatic carbocycles. The van der Waals surface area contributed by atoms with Crippen molar-refractivity contribution in [3.05, 3.63) is 53.9 Å². The standard InChI is InChI=1S/C20H20N2O4/c23-17-13-20(26-18-5-2-1-4-15(17)18)7-3-10-22(11-8-20)14-6-9-21-16(12-14)19(24)25/h1-2,4-6,9,12H,3,7-8,10-11,13H2,(H,24,25). The van der Waals surface area contributed by atoms with Gasteiger partial charge in [0.15, 0.2) is 5.78 Å². The van der Waals surface area contributed by atoms with E-state index in [1.807, 2.05) is 30.3 Å². The Morgan fingerprint density at radius 2 is 2.04 bits per heavy atom. The fourth-order valence-electron chi connectivity index (χ4n) is 3.88. The third-order valence-electron chi connectivity index (χ3n) is 5.22. The van der Waals surface area contributed by atoms with Crippen LogP contribution in [-0.2, 0) is 0 Å². The number of hydrogen-bond acceptors (Lipinski definition) is 5. The van der Waals surface area contributed by atoms with Crippen LogP contribution in [0.2, 0.25) is 0 Å². The number of Topliss-reactive ketones (excluding diaryl/α,β-unsaturated/α-hetero) is 1. The number of carbonyl (C=O) groups is 2. The topological polar surface area (TPSA) is 79.7 Å². The minimum Gasteiger partial charge on any atom is -0.486 e. The molecule has 1 unspecified atom stereocenters. The summed E-state index contributed by atoms with van der Waals surface area (Å²) in [7, 11) is 0. The highest BCUT2D eigenvalue weighted by molar-refractivity contribution is 6.00. The molecule has 2 aliphatic heterocycles. The van der Waals surface area contributed by atoms with Gasteiger partial charge in [-0.2, -0.15) is 0 Å². The lowest BCUT2D eigenvalue weighted by molar-refractivity contribution is 0.0323. The largest absolute Gasteiger partial charge is 0.486 e. The Morgan fingerprint density at radius 3 is 2.88 bits per heavy atom. The first-order chi connectivity index (χ1) is 12.6. The van der Waals surface area contributed by atoms with Crippen LogP contribution in [0.5, 0.6) is 5.75 Å². The van der Waals surface area contributed by atoms with E-state index in [2.05, 4.69) is 9.88 Å². The molecule has 1 saturated heterocycles. The van der Waals surface area contributed by atoms with E-state index in [1.165, 1.54) is 6.20 Å². The molecular formula is C20H20N2O4. The number of carboxylic acid groups (broad SMARTS) is 1. The summed E-state index contributed by atoms with van der Waals surface area (Å²) in [6, 6.07) is 10.8. The number of fused-ring (bicyclic) bond motifs is 1. The number of benzene rings is 1. The lowest BCUT2D eigenvalue weighted by Crippen LogP contribution is -2.42. The first-order valence-electron chi connectivity index (χ1n) is 8.82. The molecule has 134 valence electrons. The van der Waals surface area contributed by atoms with Crippen LogP contribution in [0.1, 0.15) is 46.5 Å². The maximum atomic E-state index is 12.6. The second-order valence-corrected chi connectivity index (χ2v) is 6.93. The Kier molecular flexibility index (Phi) is 4.11. The number of nitrogens with zero attached hydrogens (tertiary/aromatic N) is 2. The van der Waals surface area contributed by atoms with Crippen molar-refractivity contribution < 1.29 is 19.4 Å². The second-order valence-electron chi connectivity index (χ2n) is 6.93. The van der Waals surface area contributed by atoms with E-state index < -0.39 is 11.6 Å². The van der Waals surface area contributed by atoms with Crippen molar-refractivity contribution in [3.63, 3.8) is 0 Å². The van der Waals surface area contributed by atoms with Crippen molar-refractivity contribution in [1.82, 2.24) is 4.98 Å². The number of aromatic nitrogens is 1. The summed E-state index contributed by atoms with van der Waals surface area (Å²) in [4.78, 5) is 29.8. The SMILES string of the molecule is O=C(O)c1cc(N2CCCC3(CC2)CC(=O)c2ccccc2O3)ccn1. The van der Waals surface area contributed by atoms with Crippen LogP contribution >= 0.6 is 0 Å². The van der Waals surface area contributed by atoms with Crippen LogP contribution in [0.25, 0.3) is 0 Å². The van der Waals surface area contributed by atoms with Crippen LogP contribution in [0, 0.1) is 0 Å². The van der Waals surface area contributed by atoms with Gasteiger partial charge in [0, 0.05) is 31.4 Å². The number of aromatic carboxylic acids is 1. The highest BCUT2D eigenvalue weighted by Crippen LogP contribution is 2.39. The molecule has 3 heterocycles. The van der Waals surface area contributed by atoms with E-state index >= 15 is 0 Å². The van der Waals surface area contributed by atoms with Gasteiger partial charge in [0.25, 0.3) is 0 Å². The zero-order valence-corrected chi connectivity index (χ0v) is 14.4. The van der Waals surface area contributed by atoms with Crippen molar-refractivity contribution in [1.29, 1.82) is 0 Å². The van der Waals surface area contributed by atoms with E-state index in [1.54, 1.807) is 6.07 Å². The predicted octanol–water partition coefficient (Wildman–Crippen LogP) is 3.17. The van der Waals surface area contributed by atoms with E-state index in [9.17, 15) is 9.59 Å². The van der Waals surface area contributed by atoms with Gasteiger partial charge in [-0.25, -0.2) is 9.78 Å². The van der Waals surface area contributed by atoms with Crippen LogP contribution in [0.15, 0.2) is 42.6 Å². The molecule has 0 saturated carbocycles. The van der Waals surface area contributed by atoms with Crippen molar-refractivity contribution in [2.24, 2.45) is 0 Å². The van der Waals surface area contributed by atoms with E-state index in [0.717, 1.165) is 31.5 Å². The number of para-hydroxylation sites is 1. The fourth-order valence-corrected chi connectivity index (χ4v) is 3.88. The Bertz CT molecular complexity index is 866. The molecule has 26 heavy (non-hydrogen) atoms. The summed E-state index contributed by atoms with van der Waals surface area (Å²) in [5.74, 6) is -0.220. The number of hydrogen-bond donors (Lipinski definition) is 1. The first kappa shape index (κ1) is 16.6. The average Bonchev–Trinajstić information content (AvgIpc) is 2.84. The fraction of sp³-hybridized carbons (Fsp3) is 0.350. The molecule has 0 bridgehead atoms. The third-order valence-corrected chi connectivity index (χ3v) is 5.22. The van der Waals surface area contributed by atoms with Crippen LogP contribution in [-0.4, -0.2) is 40.5 Å². The van der Waals surface area contributed by atoms with Gasteiger partial charge in [-0.15, -0.1) is 0 Å². The Balaban J connectivity index is 1.55. The van der Waals surface area contributed by atoms with Gasteiger partial charge in [0.2, 0.25) is 0 Å². The molecule has 1 N–H and O–H groups in total. The van der Waals surface area contributed by atoms with Crippen LogP contribution in [0.3, 0.4) is 0 Å². The third kappa shape index (κ3) is 3.03. The molecule has 4 rings (SSSR count). The molecule has 2 aliphatic rings. The minimum absolute atomic E-state index is 0.0412. The average molecular weight is 352 g/mol. The zero-order valence-electron chi connectivity index (χ0n) is 14.4. The maximum absolute atomic E-state index is 12.6. The molecule has 1 aromatic carbocycles. The van der Waals surface area contributed by atoms with Gasteiger partial charge in [-0.1, -0.05) is 12.1 Å². The van der Waals surface area contributed by atoms with Gasteiger partial charge in [-0.3, -0.25) is 4.79 Å². The van der Waals surface area contributed by atoms with Crippen LogP contribution < -0.4 is 9.64 Å². The molecular weight excluding hydrogens is 332 g/mol. The summed E-state index contributed by atoms with van der Waals surface area (Å²) >= 11 is 0. The van der Waals surface area contributed by atoms with Crippen LogP contribution in [0.4, 0.5) is 5.69 Å². The van der Waals surface area contributed by atoms with Crippen molar-refractivity contribution in [3.8, 4) is 5.75 Å². The number of ether oxygens (including phenoxy) is 1. The monoisotopic (exact) mass is 352 g/mol. The van der Waals surface area contributed by atoms with Gasteiger partial charge >= 0.3 is 5.97 Å². The molecule has 6 heteroatoms. The summed E-state index contributed by atoms with van der Waals surface area (Å²) in [5.41, 5.74) is 1.08. The number of carbonyl (C=O) groups excluding carboxylic acids is 1.